The summed E-state index contributed by atoms with van der Waals surface area (Å²) >= 11 is 0. The van der Waals surface area contributed by atoms with Crippen LogP contribution in [0.5, 0.6) is 0 Å². The van der Waals surface area contributed by atoms with Gasteiger partial charge in [0.15, 0.2) is 5.82 Å². The van der Waals surface area contributed by atoms with Crippen LogP contribution >= 0.6 is 0 Å². The number of cyclic esters (lactones) is 1. The first-order chi connectivity index (χ1) is 11.3. The van der Waals surface area contributed by atoms with E-state index in [4.69, 9.17) is 9.47 Å². The number of hydrogen-bond donors (Lipinski definition) is 1. The van der Waals surface area contributed by atoms with Gasteiger partial charge in [-0.2, -0.15) is 9.98 Å². The van der Waals surface area contributed by atoms with Crippen LogP contribution in [0, 0.1) is 0 Å². The molecule has 1 aliphatic heterocycles. The molecule has 0 radical (unpaired) electrons. The minimum absolute atomic E-state index is 0.0715. The number of carbonyl (C=O) groups is 1. The summed E-state index contributed by atoms with van der Waals surface area (Å²) in [5, 5.41) is 21.0. The molecule has 1 atom stereocenters. The number of rotatable bonds is 5. The van der Waals surface area contributed by atoms with Gasteiger partial charge in [-0.15, -0.1) is 15.3 Å². The molecule has 1 N–H and O–H groups in total. The lowest BCUT2D eigenvalue weighted by molar-refractivity contribution is -0.222. The molecule has 0 fully saturated rings. The van der Waals surface area contributed by atoms with Gasteiger partial charge in [0.1, 0.15) is 6.04 Å². The number of nitrogens with zero attached hydrogens (tertiary/aromatic N) is 6. The van der Waals surface area contributed by atoms with Gasteiger partial charge in [-0.1, -0.05) is 0 Å². The Morgan fingerprint density at radius 3 is 2.67 bits per heavy atom. The lowest BCUT2D eigenvalue weighted by Gasteiger charge is -2.28. The van der Waals surface area contributed by atoms with E-state index in [0.29, 0.717) is 12.4 Å². The van der Waals surface area contributed by atoms with Crippen molar-refractivity contribution in [1.29, 1.82) is 0 Å². The number of aliphatic hydroxyl groups excluding tert-OH is 1. The maximum atomic E-state index is 11.8. The number of aliphatic hydroxyl groups is 1. The topological polar surface area (TPSA) is 141 Å². The first-order valence-corrected chi connectivity index (χ1v) is 7.06. The van der Waals surface area contributed by atoms with Crippen LogP contribution in [-0.2, 0) is 25.6 Å². The Labute approximate surface area is 136 Å². The Hall–Kier alpha value is -3.07. The first kappa shape index (κ1) is 17.3. The average molecular weight is 336 g/mol. The molecule has 0 amide bonds. The van der Waals surface area contributed by atoms with Crippen molar-refractivity contribution >= 4 is 18.0 Å². The Morgan fingerprint density at radius 1 is 1.38 bits per heavy atom. The molecule has 0 spiro atoms. The molecule has 0 saturated heterocycles. The Bertz CT molecular complexity index is 759. The largest absolute Gasteiger partial charge is 0.479 e. The number of aliphatic imine (C=N–C) groups is 1. The average Bonchev–Trinajstić information content (AvgIpc) is 2.88. The molecule has 11 nitrogen and oxygen atoms in total. The van der Waals surface area contributed by atoms with E-state index in [1.54, 1.807) is 6.92 Å². The lowest BCUT2D eigenvalue weighted by atomic mass is 10.3. The number of aryl methyl sites for hydroxylation is 1. The summed E-state index contributed by atoms with van der Waals surface area (Å²) in [6, 6.07) is -0.560. The van der Waals surface area contributed by atoms with Gasteiger partial charge < -0.3 is 14.6 Å². The van der Waals surface area contributed by atoms with Gasteiger partial charge >= 0.3 is 11.9 Å². The predicted octanol–water partition coefficient (Wildman–Crippen LogP) is 1.82. The third kappa shape index (κ3) is 3.63. The number of esters is 1. The van der Waals surface area contributed by atoms with E-state index in [2.05, 4.69) is 25.3 Å². The van der Waals surface area contributed by atoms with Gasteiger partial charge in [-0.05, 0) is 13.8 Å². The summed E-state index contributed by atoms with van der Waals surface area (Å²) < 4.78 is 11.4. The zero-order valence-corrected chi connectivity index (χ0v) is 13.5. The second-order valence-electron chi connectivity index (χ2n) is 5.23. The van der Waals surface area contributed by atoms with E-state index in [9.17, 15) is 14.7 Å². The molecule has 0 aromatic carbocycles. The molecule has 1 aromatic rings. The highest BCUT2D eigenvalue weighted by Gasteiger charge is 2.36. The fourth-order valence-electron chi connectivity index (χ4n) is 1.90. The zero-order valence-electron chi connectivity index (χ0n) is 13.5. The summed E-state index contributed by atoms with van der Waals surface area (Å²) in [4.78, 5) is 29.8. The van der Waals surface area contributed by atoms with Crippen LogP contribution in [-0.4, -0.2) is 37.7 Å². The minimum Gasteiger partial charge on any atom is -0.479 e. The Morgan fingerprint density at radius 2 is 2.08 bits per heavy atom. The molecule has 0 aliphatic carbocycles. The summed E-state index contributed by atoms with van der Waals surface area (Å²) in [6.45, 7) is 6.84. The lowest BCUT2D eigenvalue weighted by Crippen LogP contribution is -2.36. The van der Waals surface area contributed by atoms with Crippen molar-refractivity contribution in [3.05, 3.63) is 17.5 Å². The molecule has 1 aromatic heterocycles. The quantitative estimate of drug-likeness (QED) is 0.374. The van der Waals surface area contributed by atoms with Crippen molar-refractivity contribution < 1.29 is 24.2 Å². The number of carbonyl (C=O) groups excluding carboxylic acids is 2. The predicted molar refractivity (Wildman–Crippen MR) is 77.7 cm³/mol. The Balaban J connectivity index is 2.29. The van der Waals surface area contributed by atoms with E-state index in [1.165, 1.54) is 24.6 Å². The van der Waals surface area contributed by atoms with E-state index < -0.39 is 29.4 Å². The van der Waals surface area contributed by atoms with Crippen molar-refractivity contribution in [1.82, 2.24) is 14.8 Å². The zero-order chi connectivity index (χ0) is 17.9. The van der Waals surface area contributed by atoms with Crippen molar-refractivity contribution in [3.63, 3.8) is 0 Å². The van der Waals surface area contributed by atoms with Crippen LogP contribution < -0.4 is 0 Å². The standard InChI is InChI=1S/C13H16N6O5/c1-5-19-9(7(2)14-6-20)15-12(18-19)17-16-8-10(21)23-13(3,4)24-11(8)22/h7,21H,5H2,1-4H3. The summed E-state index contributed by atoms with van der Waals surface area (Å²) in [7, 11) is 0. The van der Waals surface area contributed by atoms with Gasteiger partial charge in [0.25, 0.3) is 17.4 Å². The SMILES string of the molecule is CCn1nc(N=NC2=C(O)OC(C)(C)OC2=O)nc1C(C)N=C=O. The number of isocyanates is 1. The van der Waals surface area contributed by atoms with E-state index in [0.717, 1.165) is 0 Å². The molecule has 24 heavy (non-hydrogen) atoms. The monoisotopic (exact) mass is 336 g/mol. The van der Waals surface area contributed by atoms with Crippen molar-refractivity contribution in [2.24, 2.45) is 15.2 Å². The smallest absolute Gasteiger partial charge is 0.369 e. The molecule has 1 unspecified atom stereocenters. The van der Waals surface area contributed by atoms with Crippen molar-refractivity contribution in [2.45, 2.75) is 46.1 Å². The fourth-order valence-corrected chi connectivity index (χ4v) is 1.90. The highest BCUT2D eigenvalue weighted by Crippen LogP contribution is 2.26. The van der Waals surface area contributed by atoms with Gasteiger partial charge in [-0.25, -0.2) is 14.3 Å². The fraction of sp³-hybridized carbons (Fsp3) is 0.538. The van der Waals surface area contributed by atoms with Gasteiger partial charge in [0.2, 0.25) is 6.08 Å². The molecular weight excluding hydrogens is 320 g/mol. The molecule has 2 heterocycles. The minimum atomic E-state index is -1.29. The van der Waals surface area contributed by atoms with Crippen molar-refractivity contribution in [3.8, 4) is 0 Å². The van der Waals surface area contributed by atoms with Crippen LogP contribution in [0.25, 0.3) is 0 Å². The molecular formula is C13H16N6O5. The molecule has 11 heteroatoms. The summed E-state index contributed by atoms with van der Waals surface area (Å²) in [6.07, 6.45) is 1.45. The van der Waals surface area contributed by atoms with Crippen LogP contribution in [0.3, 0.4) is 0 Å². The summed E-state index contributed by atoms with van der Waals surface area (Å²) in [5.74, 6) is -2.57. The first-order valence-electron chi connectivity index (χ1n) is 7.06. The van der Waals surface area contributed by atoms with E-state index in [1.807, 2.05) is 6.92 Å². The number of aromatic nitrogens is 3. The second-order valence-corrected chi connectivity index (χ2v) is 5.23. The maximum Gasteiger partial charge on any atom is 0.369 e. The highest BCUT2D eigenvalue weighted by atomic mass is 16.8. The molecule has 2 rings (SSSR count). The van der Waals surface area contributed by atoms with Crippen LogP contribution in [0.1, 0.15) is 39.6 Å². The molecule has 0 bridgehead atoms. The third-order valence-corrected chi connectivity index (χ3v) is 2.93. The van der Waals surface area contributed by atoms with Crippen LogP contribution in [0.15, 0.2) is 26.9 Å². The molecule has 1 aliphatic rings. The molecule has 0 saturated carbocycles. The van der Waals surface area contributed by atoms with Gasteiger partial charge in [0, 0.05) is 20.4 Å². The van der Waals surface area contributed by atoms with Gasteiger partial charge in [-0.3, -0.25) is 0 Å². The van der Waals surface area contributed by atoms with Crippen molar-refractivity contribution in [2.75, 3.05) is 0 Å². The number of ether oxygens (including phenoxy) is 2. The molecule has 128 valence electrons. The summed E-state index contributed by atoms with van der Waals surface area (Å²) in [5.41, 5.74) is -0.498. The van der Waals surface area contributed by atoms with Gasteiger partial charge in [0.05, 0.1) is 0 Å². The highest BCUT2D eigenvalue weighted by molar-refractivity contribution is 5.88. The van der Waals surface area contributed by atoms with E-state index >= 15 is 0 Å². The Kier molecular flexibility index (Phi) is 4.74. The van der Waals surface area contributed by atoms with E-state index in [-0.39, 0.29) is 5.95 Å². The van der Waals surface area contributed by atoms with Crippen LogP contribution in [0.2, 0.25) is 0 Å². The number of hydrogen-bond acceptors (Lipinski definition) is 10. The number of azo groups is 1. The maximum absolute atomic E-state index is 11.8. The normalized spacial score (nSPS) is 18.1. The van der Waals surface area contributed by atoms with Crippen LogP contribution in [0.4, 0.5) is 5.95 Å². The second kappa shape index (κ2) is 6.59. The third-order valence-electron chi connectivity index (χ3n) is 2.93.